The highest BCUT2D eigenvalue weighted by molar-refractivity contribution is 7.15. The molecule has 4 nitrogen and oxygen atoms in total. The van der Waals surface area contributed by atoms with Crippen LogP contribution in [0.1, 0.15) is 44.5 Å². The van der Waals surface area contributed by atoms with Crippen LogP contribution in [-0.4, -0.2) is 37.8 Å². The number of rotatable bonds is 6. The summed E-state index contributed by atoms with van der Waals surface area (Å²) >= 11 is 1.81. The first kappa shape index (κ1) is 15.7. The van der Waals surface area contributed by atoms with Crippen molar-refractivity contribution in [3.05, 3.63) is 11.1 Å². The van der Waals surface area contributed by atoms with E-state index in [-0.39, 0.29) is 0 Å². The molecular formula is C15H27N3OS. The molecule has 0 aromatic carbocycles. The van der Waals surface area contributed by atoms with Crippen LogP contribution in [0.25, 0.3) is 0 Å². The van der Waals surface area contributed by atoms with E-state index in [2.05, 4.69) is 36.0 Å². The standard InChI is InChI=1S/C15H27N3OS/c1-5-7-16-12(3)14-9-17-15(20-14)18-8-6-11(2)13(10-18)19-4/h9,11-13,16H,5-8,10H2,1-4H3. The predicted octanol–water partition coefficient (Wildman–Crippen LogP) is 3.06. The molecule has 0 amide bonds. The zero-order valence-corrected chi connectivity index (χ0v) is 13.9. The van der Waals surface area contributed by atoms with Crippen molar-refractivity contribution in [2.75, 3.05) is 31.6 Å². The fourth-order valence-corrected chi connectivity index (χ4v) is 3.58. The highest BCUT2D eigenvalue weighted by Gasteiger charge is 2.27. The van der Waals surface area contributed by atoms with Gasteiger partial charge in [0.1, 0.15) is 0 Å². The Bertz CT molecular complexity index is 410. The zero-order chi connectivity index (χ0) is 14.5. The van der Waals surface area contributed by atoms with Gasteiger partial charge in [-0.2, -0.15) is 0 Å². The molecule has 1 aliphatic heterocycles. The number of ether oxygens (including phenoxy) is 1. The monoisotopic (exact) mass is 297 g/mol. The molecule has 2 rings (SSSR count). The van der Waals surface area contributed by atoms with Crippen molar-refractivity contribution in [1.82, 2.24) is 10.3 Å². The predicted molar refractivity (Wildman–Crippen MR) is 85.6 cm³/mol. The highest BCUT2D eigenvalue weighted by atomic mass is 32.1. The van der Waals surface area contributed by atoms with Gasteiger partial charge in [-0.05, 0) is 32.2 Å². The molecule has 20 heavy (non-hydrogen) atoms. The number of thiazole rings is 1. The topological polar surface area (TPSA) is 37.4 Å². The first-order chi connectivity index (χ1) is 9.65. The summed E-state index contributed by atoms with van der Waals surface area (Å²) < 4.78 is 5.59. The molecule has 1 aromatic rings. The fourth-order valence-electron chi connectivity index (χ4n) is 2.60. The Labute approximate surface area is 126 Å². The summed E-state index contributed by atoms with van der Waals surface area (Å²) in [5.41, 5.74) is 0. The minimum atomic E-state index is 0.326. The van der Waals surface area contributed by atoms with Crippen molar-refractivity contribution in [2.24, 2.45) is 5.92 Å². The van der Waals surface area contributed by atoms with Crippen molar-refractivity contribution >= 4 is 16.5 Å². The van der Waals surface area contributed by atoms with Gasteiger partial charge in [-0.25, -0.2) is 4.98 Å². The molecule has 0 spiro atoms. The van der Waals surface area contributed by atoms with Crippen molar-refractivity contribution in [3.63, 3.8) is 0 Å². The van der Waals surface area contributed by atoms with Crippen molar-refractivity contribution in [1.29, 1.82) is 0 Å². The summed E-state index contributed by atoms with van der Waals surface area (Å²) in [6.45, 7) is 9.78. The number of hydrogen-bond donors (Lipinski definition) is 1. The molecule has 0 saturated carbocycles. The number of nitrogens with zero attached hydrogens (tertiary/aromatic N) is 2. The van der Waals surface area contributed by atoms with Crippen LogP contribution in [0.2, 0.25) is 0 Å². The third-order valence-corrected chi connectivity index (χ3v) is 5.34. The Balaban J connectivity index is 1.98. The van der Waals surface area contributed by atoms with Crippen LogP contribution in [0.3, 0.4) is 0 Å². The number of methoxy groups -OCH3 is 1. The van der Waals surface area contributed by atoms with Gasteiger partial charge in [0, 0.05) is 37.3 Å². The molecule has 1 N–H and O–H groups in total. The van der Waals surface area contributed by atoms with Gasteiger partial charge in [0.15, 0.2) is 5.13 Å². The van der Waals surface area contributed by atoms with Gasteiger partial charge in [-0.15, -0.1) is 11.3 Å². The van der Waals surface area contributed by atoms with Gasteiger partial charge in [-0.3, -0.25) is 0 Å². The summed E-state index contributed by atoms with van der Waals surface area (Å²) in [6.07, 6.45) is 4.69. The number of hydrogen-bond acceptors (Lipinski definition) is 5. The van der Waals surface area contributed by atoms with Crippen molar-refractivity contribution < 1.29 is 4.74 Å². The van der Waals surface area contributed by atoms with Crippen molar-refractivity contribution in [3.8, 4) is 0 Å². The Morgan fingerprint density at radius 2 is 2.40 bits per heavy atom. The summed E-state index contributed by atoms with van der Waals surface area (Å²) in [6, 6.07) is 0.392. The third kappa shape index (κ3) is 3.71. The van der Waals surface area contributed by atoms with Crippen LogP contribution in [0, 0.1) is 5.92 Å². The fraction of sp³-hybridized carbons (Fsp3) is 0.800. The lowest BCUT2D eigenvalue weighted by molar-refractivity contribution is 0.0498. The maximum absolute atomic E-state index is 5.59. The van der Waals surface area contributed by atoms with Gasteiger partial charge in [0.2, 0.25) is 0 Å². The SMILES string of the molecule is CCCNC(C)c1cnc(N2CCC(C)C(OC)C2)s1. The molecule has 3 atom stereocenters. The molecule has 1 fully saturated rings. The second kappa shape index (κ2) is 7.38. The Kier molecular flexibility index (Phi) is 5.81. The second-order valence-corrected chi connectivity index (χ2v) is 6.75. The van der Waals surface area contributed by atoms with E-state index in [1.807, 2.05) is 24.6 Å². The van der Waals surface area contributed by atoms with Crippen LogP contribution in [0.5, 0.6) is 0 Å². The summed E-state index contributed by atoms with van der Waals surface area (Å²) in [5.74, 6) is 0.640. The number of aromatic nitrogens is 1. The van der Waals surface area contributed by atoms with E-state index in [9.17, 15) is 0 Å². The van der Waals surface area contributed by atoms with E-state index >= 15 is 0 Å². The highest BCUT2D eigenvalue weighted by Crippen LogP contribution is 2.30. The summed E-state index contributed by atoms with van der Waals surface area (Å²) in [7, 11) is 1.81. The number of nitrogens with one attached hydrogen (secondary N) is 1. The number of piperidine rings is 1. The average molecular weight is 297 g/mol. The minimum Gasteiger partial charge on any atom is -0.379 e. The van der Waals surface area contributed by atoms with Gasteiger partial charge >= 0.3 is 0 Å². The average Bonchev–Trinajstić information content (AvgIpc) is 2.95. The molecule has 114 valence electrons. The van der Waals surface area contributed by atoms with E-state index in [0.717, 1.165) is 31.2 Å². The molecule has 5 heteroatoms. The van der Waals surface area contributed by atoms with Gasteiger partial charge in [-0.1, -0.05) is 13.8 Å². The molecule has 0 bridgehead atoms. The van der Waals surface area contributed by atoms with Crippen LogP contribution < -0.4 is 10.2 Å². The van der Waals surface area contributed by atoms with Crippen LogP contribution in [0.4, 0.5) is 5.13 Å². The van der Waals surface area contributed by atoms with E-state index in [4.69, 9.17) is 4.74 Å². The molecule has 0 radical (unpaired) electrons. The van der Waals surface area contributed by atoms with Gasteiger partial charge < -0.3 is 15.0 Å². The quantitative estimate of drug-likeness (QED) is 0.875. The Hall–Kier alpha value is -0.650. The molecule has 1 aliphatic rings. The lowest BCUT2D eigenvalue weighted by Crippen LogP contribution is -2.43. The minimum absolute atomic E-state index is 0.326. The molecule has 0 aliphatic carbocycles. The van der Waals surface area contributed by atoms with E-state index < -0.39 is 0 Å². The van der Waals surface area contributed by atoms with Crippen LogP contribution in [-0.2, 0) is 4.74 Å². The van der Waals surface area contributed by atoms with Crippen molar-refractivity contribution in [2.45, 2.75) is 45.8 Å². The third-order valence-electron chi connectivity index (χ3n) is 4.10. The summed E-state index contributed by atoms with van der Waals surface area (Å²) in [5, 5.41) is 4.66. The van der Waals surface area contributed by atoms with E-state index in [0.29, 0.717) is 18.1 Å². The summed E-state index contributed by atoms with van der Waals surface area (Å²) in [4.78, 5) is 8.30. The first-order valence-corrected chi connectivity index (χ1v) is 8.44. The number of anilines is 1. The normalized spacial score (nSPS) is 24.9. The maximum Gasteiger partial charge on any atom is 0.185 e. The molecule has 2 heterocycles. The van der Waals surface area contributed by atoms with Crippen LogP contribution >= 0.6 is 11.3 Å². The Morgan fingerprint density at radius 1 is 1.60 bits per heavy atom. The van der Waals surface area contributed by atoms with Gasteiger partial charge in [0.05, 0.1) is 6.10 Å². The zero-order valence-electron chi connectivity index (χ0n) is 13.1. The van der Waals surface area contributed by atoms with Crippen LogP contribution in [0.15, 0.2) is 6.20 Å². The maximum atomic E-state index is 5.59. The lowest BCUT2D eigenvalue weighted by atomic mass is 9.96. The largest absolute Gasteiger partial charge is 0.379 e. The Morgan fingerprint density at radius 3 is 3.10 bits per heavy atom. The molecule has 1 aromatic heterocycles. The molecule has 3 unspecified atom stereocenters. The second-order valence-electron chi connectivity index (χ2n) is 5.71. The molecular weight excluding hydrogens is 270 g/mol. The van der Waals surface area contributed by atoms with Gasteiger partial charge in [0.25, 0.3) is 0 Å². The smallest absolute Gasteiger partial charge is 0.185 e. The lowest BCUT2D eigenvalue weighted by Gasteiger charge is -2.36. The molecule has 1 saturated heterocycles. The van der Waals surface area contributed by atoms with E-state index in [1.54, 1.807) is 0 Å². The van der Waals surface area contributed by atoms with E-state index in [1.165, 1.54) is 11.3 Å². The first-order valence-electron chi connectivity index (χ1n) is 7.62.